The molecule has 0 radical (unpaired) electrons. The van der Waals surface area contributed by atoms with Crippen molar-refractivity contribution < 1.29 is 22.7 Å². The van der Waals surface area contributed by atoms with Crippen LogP contribution in [0.25, 0.3) is 0 Å². The molecular weight excluding hydrogens is 370 g/mol. The maximum Gasteiger partial charge on any atom is 0.409 e. The van der Waals surface area contributed by atoms with E-state index in [0.29, 0.717) is 43.7 Å². The summed E-state index contributed by atoms with van der Waals surface area (Å²) in [6.07, 6.45) is 0.743. The molecular formula is C18H23N3O5S. The highest BCUT2D eigenvalue weighted by Gasteiger charge is 2.26. The van der Waals surface area contributed by atoms with Crippen molar-refractivity contribution in [2.45, 2.75) is 31.6 Å². The standard InChI is InChI=1S/C18H23N3O5S/c1-2-26-18(23)21-9-7-16(8-10-21)20-17(22)13-27(24,25)12-15-5-3-14(11-19)4-6-15/h3-6,16H,2,7-10,12-13H2,1H3,(H,20,22). The number of likely N-dealkylation sites (tertiary alicyclic amines) is 1. The van der Waals surface area contributed by atoms with Gasteiger partial charge in [-0.2, -0.15) is 5.26 Å². The molecule has 0 saturated carbocycles. The van der Waals surface area contributed by atoms with Crippen LogP contribution in [-0.2, 0) is 25.1 Å². The summed E-state index contributed by atoms with van der Waals surface area (Å²) in [5, 5.41) is 11.5. The number of carbonyl (C=O) groups excluding carboxylic acids is 2. The number of hydrogen-bond donors (Lipinski definition) is 1. The fraction of sp³-hybridized carbons (Fsp3) is 0.500. The number of piperidine rings is 1. The summed E-state index contributed by atoms with van der Waals surface area (Å²) in [6.45, 7) is 2.97. The highest BCUT2D eigenvalue weighted by molar-refractivity contribution is 7.91. The highest BCUT2D eigenvalue weighted by atomic mass is 32.2. The predicted octanol–water partition coefficient (Wildman–Crippen LogP) is 1.21. The van der Waals surface area contributed by atoms with E-state index in [1.54, 1.807) is 36.1 Å². The third kappa shape index (κ3) is 6.57. The van der Waals surface area contributed by atoms with Gasteiger partial charge in [0.15, 0.2) is 9.84 Å². The molecule has 1 aromatic carbocycles. The van der Waals surface area contributed by atoms with Gasteiger partial charge in [-0.05, 0) is 37.5 Å². The Morgan fingerprint density at radius 1 is 1.26 bits per heavy atom. The highest BCUT2D eigenvalue weighted by Crippen LogP contribution is 2.12. The normalized spacial score (nSPS) is 15.0. The van der Waals surface area contributed by atoms with E-state index >= 15 is 0 Å². The Morgan fingerprint density at radius 2 is 1.89 bits per heavy atom. The van der Waals surface area contributed by atoms with E-state index in [9.17, 15) is 18.0 Å². The molecule has 0 bridgehead atoms. The Hall–Kier alpha value is -2.60. The predicted molar refractivity (Wildman–Crippen MR) is 98.4 cm³/mol. The monoisotopic (exact) mass is 393 g/mol. The first-order valence-electron chi connectivity index (χ1n) is 8.73. The van der Waals surface area contributed by atoms with E-state index in [1.165, 1.54) is 0 Å². The lowest BCUT2D eigenvalue weighted by molar-refractivity contribution is -0.119. The van der Waals surface area contributed by atoms with Gasteiger partial charge in [-0.25, -0.2) is 13.2 Å². The molecule has 2 amide bonds. The molecule has 0 aromatic heterocycles. The van der Waals surface area contributed by atoms with Crippen molar-refractivity contribution in [1.29, 1.82) is 5.26 Å². The Balaban J connectivity index is 1.81. The van der Waals surface area contributed by atoms with E-state index in [-0.39, 0.29) is 17.9 Å². The number of rotatable bonds is 6. The van der Waals surface area contributed by atoms with E-state index in [0.717, 1.165) is 0 Å². The lowest BCUT2D eigenvalue weighted by atomic mass is 10.1. The van der Waals surface area contributed by atoms with Crippen LogP contribution in [0.1, 0.15) is 30.9 Å². The van der Waals surface area contributed by atoms with Gasteiger partial charge in [0.2, 0.25) is 5.91 Å². The molecule has 27 heavy (non-hydrogen) atoms. The molecule has 0 atom stereocenters. The fourth-order valence-corrected chi connectivity index (χ4v) is 4.16. The molecule has 1 fully saturated rings. The van der Waals surface area contributed by atoms with Gasteiger partial charge in [0.25, 0.3) is 0 Å². The number of sulfone groups is 1. The van der Waals surface area contributed by atoms with E-state index in [2.05, 4.69) is 5.32 Å². The van der Waals surface area contributed by atoms with Crippen LogP contribution in [0.2, 0.25) is 0 Å². The van der Waals surface area contributed by atoms with Crippen molar-refractivity contribution in [3.05, 3.63) is 35.4 Å². The van der Waals surface area contributed by atoms with Crippen LogP contribution < -0.4 is 5.32 Å². The maximum absolute atomic E-state index is 12.2. The van der Waals surface area contributed by atoms with Crippen molar-refractivity contribution in [1.82, 2.24) is 10.2 Å². The largest absolute Gasteiger partial charge is 0.450 e. The zero-order valence-corrected chi connectivity index (χ0v) is 16.0. The SMILES string of the molecule is CCOC(=O)N1CCC(NC(=O)CS(=O)(=O)Cc2ccc(C#N)cc2)CC1. The Kier molecular flexibility index (Phi) is 7.19. The Bertz CT molecular complexity index is 806. The molecule has 0 unspecified atom stereocenters. The molecule has 146 valence electrons. The van der Waals surface area contributed by atoms with Crippen molar-refractivity contribution >= 4 is 21.8 Å². The number of benzene rings is 1. The first kappa shape index (κ1) is 20.7. The molecule has 8 nitrogen and oxygen atoms in total. The van der Waals surface area contributed by atoms with E-state index in [1.807, 2.05) is 6.07 Å². The average Bonchev–Trinajstić information content (AvgIpc) is 2.62. The van der Waals surface area contributed by atoms with Crippen molar-refractivity contribution in [2.75, 3.05) is 25.4 Å². The molecule has 2 rings (SSSR count). The van der Waals surface area contributed by atoms with Crippen molar-refractivity contribution in [2.24, 2.45) is 0 Å². The summed E-state index contributed by atoms with van der Waals surface area (Å²) in [5.41, 5.74) is 0.979. The summed E-state index contributed by atoms with van der Waals surface area (Å²) in [4.78, 5) is 25.3. The number of nitrogens with zero attached hydrogens (tertiary/aromatic N) is 2. The van der Waals surface area contributed by atoms with Gasteiger partial charge in [-0.1, -0.05) is 12.1 Å². The van der Waals surface area contributed by atoms with Gasteiger partial charge in [0.1, 0.15) is 5.75 Å². The van der Waals surface area contributed by atoms with Gasteiger partial charge < -0.3 is 15.0 Å². The summed E-state index contributed by atoms with van der Waals surface area (Å²) in [5.74, 6) is -1.39. The average molecular weight is 393 g/mol. The van der Waals surface area contributed by atoms with Crippen LogP contribution in [0.4, 0.5) is 4.79 Å². The summed E-state index contributed by atoms with van der Waals surface area (Å²) in [6, 6.07) is 8.03. The van der Waals surface area contributed by atoms with Gasteiger partial charge in [-0.15, -0.1) is 0 Å². The lowest BCUT2D eigenvalue weighted by Crippen LogP contribution is -2.47. The minimum atomic E-state index is -3.62. The number of carbonyl (C=O) groups is 2. The second-order valence-corrected chi connectivity index (χ2v) is 8.43. The van der Waals surface area contributed by atoms with Crippen LogP contribution >= 0.6 is 0 Å². The molecule has 1 heterocycles. The molecule has 1 N–H and O–H groups in total. The summed E-state index contributed by atoms with van der Waals surface area (Å²) < 4.78 is 29.4. The first-order valence-corrected chi connectivity index (χ1v) is 10.6. The van der Waals surface area contributed by atoms with Crippen LogP contribution in [0.3, 0.4) is 0 Å². The minimum absolute atomic E-state index is 0.159. The van der Waals surface area contributed by atoms with Crippen LogP contribution in [0.5, 0.6) is 0 Å². The first-order chi connectivity index (χ1) is 12.8. The van der Waals surface area contributed by atoms with Crippen LogP contribution in [0, 0.1) is 11.3 Å². The smallest absolute Gasteiger partial charge is 0.409 e. The molecule has 1 aromatic rings. The molecule has 0 spiro atoms. The third-order valence-corrected chi connectivity index (χ3v) is 5.68. The zero-order chi connectivity index (χ0) is 19.9. The lowest BCUT2D eigenvalue weighted by Gasteiger charge is -2.31. The quantitative estimate of drug-likeness (QED) is 0.776. The maximum atomic E-state index is 12.2. The molecule has 9 heteroatoms. The molecule has 1 saturated heterocycles. The summed E-state index contributed by atoms with van der Waals surface area (Å²) in [7, 11) is -3.62. The van der Waals surface area contributed by atoms with Crippen LogP contribution in [-0.4, -0.2) is 56.8 Å². The van der Waals surface area contributed by atoms with Gasteiger partial charge in [0.05, 0.1) is 24.0 Å². The van der Waals surface area contributed by atoms with Gasteiger partial charge in [-0.3, -0.25) is 4.79 Å². The van der Waals surface area contributed by atoms with Crippen molar-refractivity contribution in [3.8, 4) is 6.07 Å². The third-order valence-electron chi connectivity index (χ3n) is 4.21. The van der Waals surface area contributed by atoms with Crippen molar-refractivity contribution in [3.63, 3.8) is 0 Å². The van der Waals surface area contributed by atoms with Crippen LogP contribution in [0.15, 0.2) is 24.3 Å². The molecule has 0 aliphatic carbocycles. The number of amides is 2. The molecule has 1 aliphatic heterocycles. The van der Waals surface area contributed by atoms with Gasteiger partial charge >= 0.3 is 6.09 Å². The zero-order valence-electron chi connectivity index (χ0n) is 15.2. The van der Waals surface area contributed by atoms with E-state index in [4.69, 9.17) is 10.00 Å². The minimum Gasteiger partial charge on any atom is -0.450 e. The second kappa shape index (κ2) is 9.37. The number of nitriles is 1. The Morgan fingerprint density at radius 3 is 2.44 bits per heavy atom. The topological polar surface area (TPSA) is 117 Å². The number of ether oxygens (including phenoxy) is 1. The molecule has 1 aliphatic rings. The number of hydrogen-bond acceptors (Lipinski definition) is 6. The fourth-order valence-electron chi connectivity index (χ4n) is 2.87. The second-order valence-electron chi connectivity index (χ2n) is 6.37. The summed E-state index contributed by atoms with van der Waals surface area (Å²) >= 11 is 0. The Labute approximate surface area is 159 Å². The van der Waals surface area contributed by atoms with E-state index < -0.39 is 21.5 Å². The number of nitrogens with one attached hydrogen (secondary N) is 1. The van der Waals surface area contributed by atoms with Gasteiger partial charge in [0, 0.05) is 19.1 Å².